The van der Waals surface area contributed by atoms with Gasteiger partial charge >= 0.3 is 5.97 Å². The number of hydrogen-bond donors (Lipinski definition) is 0. The van der Waals surface area contributed by atoms with Gasteiger partial charge in [0.2, 0.25) is 5.88 Å². The Hall–Kier alpha value is -2.93. The summed E-state index contributed by atoms with van der Waals surface area (Å²) >= 11 is 0. The predicted molar refractivity (Wildman–Crippen MR) is 93.0 cm³/mol. The molecule has 0 bridgehead atoms. The number of pyridine rings is 1. The third-order valence-electron chi connectivity index (χ3n) is 3.90. The number of carbonyl (C=O) groups is 2. The molecular weight excluding hydrogens is 336 g/mol. The highest BCUT2D eigenvalue weighted by Gasteiger charge is 2.27. The molecule has 136 valence electrons. The first-order chi connectivity index (χ1) is 12.6. The average molecular weight is 356 g/mol. The van der Waals surface area contributed by atoms with Gasteiger partial charge in [-0.2, -0.15) is 0 Å². The van der Waals surface area contributed by atoms with Crippen LogP contribution in [-0.2, 0) is 14.3 Å². The summed E-state index contributed by atoms with van der Waals surface area (Å²) in [6.45, 7) is 3.53. The van der Waals surface area contributed by atoms with Crippen LogP contribution < -0.4 is 4.74 Å². The Bertz CT molecular complexity index is 760. The number of ether oxygens (including phenoxy) is 3. The summed E-state index contributed by atoms with van der Waals surface area (Å²) in [4.78, 5) is 30.6. The largest absolute Gasteiger partial charge is 0.449 e. The molecule has 0 aliphatic carbocycles. The molecule has 0 spiro atoms. The van der Waals surface area contributed by atoms with Crippen LogP contribution in [0.5, 0.6) is 11.6 Å². The lowest BCUT2D eigenvalue weighted by Crippen LogP contribution is -2.46. The van der Waals surface area contributed by atoms with Crippen molar-refractivity contribution in [1.29, 1.82) is 0 Å². The standard InChI is InChI=1S/C19H20N2O5/c1-14(18(22)21-10-12-24-13-11-21)25-19(23)16-8-5-9-20-17(16)26-15-6-3-2-4-7-15/h2-9,14H,10-13H2,1H3/t14-/m0/s1. The van der Waals surface area contributed by atoms with Gasteiger partial charge in [0.1, 0.15) is 11.3 Å². The fraction of sp³-hybridized carbons (Fsp3) is 0.316. The molecular formula is C19H20N2O5. The summed E-state index contributed by atoms with van der Waals surface area (Å²) in [6, 6.07) is 12.2. The summed E-state index contributed by atoms with van der Waals surface area (Å²) in [7, 11) is 0. The minimum atomic E-state index is -0.898. The third kappa shape index (κ3) is 4.37. The lowest BCUT2D eigenvalue weighted by Gasteiger charge is -2.29. The zero-order chi connectivity index (χ0) is 18.4. The zero-order valence-electron chi connectivity index (χ0n) is 14.5. The molecule has 1 atom stereocenters. The molecule has 1 aliphatic rings. The number of hydrogen-bond acceptors (Lipinski definition) is 6. The van der Waals surface area contributed by atoms with Gasteiger partial charge in [-0.15, -0.1) is 0 Å². The van der Waals surface area contributed by atoms with E-state index in [9.17, 15) is 9.59 Å². The first kappa shape index (κ1) is 17.9. The molecule has 1 amide bonds. The van der Waals surface area contributed by atoms with Crippen molar-refractivity contribution >= 4 is 11.9 Å². The average Bonchev–Trinajstić information content (AvgIpc) is 2.69. The van der Waals surface area contributed by atoms with Gasteiger partial charge < -0.3 is 19.1 Å². The molecule has 26 heavy (non-hydrogen) atoms. The van der Waals surface area contributed by atoms with Crippen molar-refractivity contribution in [3.8, 4) is 11.6 Å². The van der Waals surface area contributed by atoms with Crippen LogP contribution in [0.25, 0.3) is 0 Å². The van der Waals surface area contributed by atoms with Gasteiger partial charge in [-0.05, 0) is 31.2 Å². The fourth-order valence-electron chi connectivity index (χ4n) is 2.54. The highest BCUT2D eigenvalue weighted by atomic mass is 16.6. The van der Waals surface area contributed by atoms with Crippen LogP contribution in [0.2, 0.25) is 0 Å². The second-order valence-corrected chi connectivity index (χ2v) is 5.76. The van der Waals surface area contributed by atoms with E-state index in [0.29, 0.717) is 32.1 Å². The highest BCUT2D eigenvalue weighted by Crippen LogP contribution is 2.23. The van der Waals surface area contributed by atoms with Crippen molar-refractivity contribution < 1.29 is 23.8 Å². The molecule has 0 saturated carbocycles. The van der Waals surface area contributed by atoms with Crippen LogP contribution in [-0.4, -0.2) is 54.2 Å². The van der Waals surface area contributed by atoms with E-state index < -0.39 is 12.1 Å². The third-order valence-corrected chi connectivity index (χ3v) is 3.90. The minimum absolute atomic E-state index is 0.134. The maximum Gasteiger partial charge on any atom is 0.344 e. The second-order valence-electron chi connectivity index (χ2n) is 5.76. The molecule has 2 aromatic rings. The maximum atomic E-state index is 12.5. The van der Waals surface area contributed by atoms with E-state index in [1.54, 1.807) is 36.1 Å². The number of esters is 1. The van der Waals surface area contributed by atoms with Gasteiger partial charge in [0, 0.05) is 19.3 Å². The quantitative estimate of drug-likeness (QED) is 0.765. The van der Waals surface area contributed by atoms with E-state index in [2.05, 4.69) is 4.98 Å². The van der Waals surface area contributed by atoms with Crippen LogP contribution >= 0.6 is 0 Å². The number of morpholine rings is 1. The summed E-state index contributed by atoms with van der Waals surface area (Å²) in [5.41, 5.74) is 0.165. The van der Waals surface area contributed by atoms with Crippen molar-refractivity contribution in [3.05, 3.63) is 54.2 Å². The number of rotatable bonds is 5. The Morgan fingerprint density at radius 1 is 1.12 bits per heavy atom. The van der Waals surface area contributed by atoms with E-state index in [0.717, 1.165) is 0 Å². The van der Waals surface area contributed by atoms with Crippen molar-refractivity contribution in [3.63, 3.8) is 0 Å². The van der Waals surface area contributed by atoms with Crippen molar-refractivity contribution in [2.24, 2.45) is 0 Å². The highest BCUT2D eigenvalue weighted by molar-refractivity contribution is 5.94. The first-order valence-electron chi connectivity index (χ1n) is 8.40. The van der Waals surface area contributed by atoms with Crippen LogP contribution in [0.4, 0.5) is 0 Å². The Morgan fingerprint density at radius 3 is 2.58 bits per heavy atom. The Morgan fingerprint density at radius 2 is 1.85 bits per heavy atom. The van der Waals surface area contributed by atoms with E-state index in [1.165, 1.54) is 6.20 Å². The topological polar surface area (TPSA) is 78.0 Å². The summed E-state index contributed by atoms with van der Waals surface area (Å²) in [6.07, 6.45) is 0.627. The van der Waals surface area contributed by atoms with Crippen molar-refractivity contribution in [2.45, 2.75) is 13.0 Å². The van der Waals surface area contributed by atoms with Crippen LogP contribution in [0.15, 0.2) is 48.7 Å². The number of amides is 1. The molecule has 7 nitrogen and oxygen atoms in total. The first-order valence-corrected chi connectivity index (χ1v) is 8.40. The van der Waals surface area contributed by atoms with Crippen LogP contribution in [0.3, 0.4) is 0 Å². The van der Waals surface area contributed by atoms with Crippen LogP contribution in [0, 0.1) is 0 Å². The van der Waals surface area contributed by atoms with Gasteiger partial charge in [-0.3, -0.25) is 4.79 Å². The van der Waals surface area contributed by atoms with Gasteiger partial charge in [-0.1, -0.05) is 18.2 Å². The van der Waals surface area contributed by atoms with Gasteiger partial charge in [0.05, 0.1) is 13.2 Å². The van der Waals surface area contributed by atoms with Crippen LogP contribution in [0.1, 0.15) is 17.3 Å². The Labute approximate surface area is 151 Å². The number of nitrogens with zero attached hydrogens (tertiary/aromatic N) is 2. The SMILES string of the molecule is C[C@H](OC(=O)c1cccnc1Oc1ccccc1)C(=O)N1CCOCC1. The fourth-order valence-corrected chi connectivity index (χ4v) is 2.54. The lowest BCUT2D eigenvalue weighted by molar-refractivity contribution is -0.143. The monoisotopic (exact) mass is 356 g/mol. The lowest BCUT2D eigenvalue weighted by atomic mass is 10.2. The van der Waals surface area contributed by atoms with E-state index in [4.69, 9.17) is 14.2 Å². The number of para-hydroxylation sites is 1. The Balaban J connectivity index is 1.68. The summed E-state index contributed by atoms with van der Waals surface area (Å²) in [5.74, 6) is -0.207. The summed E-state index contributed by atoms with van der Waals surface area (Å²) < 4.78 is 16.2. The number of aromatic nitrogens is 1. The molecule has 1 fully saturated rings. The molecule has 1 saturated heterocycles. The molecule has 7 heteroatoms. The number of carbonyl (C=O) groups excluding carboxylic acids is 2. The van der Waals surface area contributed by atoms with Gasteiger partial charge in [0.25, 0.3) is 5.91 Å². The predicted octanol–water partition coefficient (Wildman–Crippen LogP) is 2.28. The Kier molecular flexibility index (Phi) is 5.80. The molecule has 1 aromatic carbocycles. The minimum Gasteiger partial charge on any atom is -0.449 e. The van der Waals surface area contributed by atoms with Crippen molar-refractivity contribution in [1.82, 2.24) is 9.88 Å². The molecule has 0 radical (unpaired) electrons. The molecule has 2 heterocycles. The normalized spacial score (nSPS) is 15.2. The number of benzene rings is 1. The van der Waals surface area contributed by atoms with E-state index in [-0.39, 0.29) is 17.4 Å². The maximum absolute atomic E-state index is 12.5. The van der Waals surface area contributed by atoms with E-state index in [1.807, 2.05) is 18.2 Å². The molecule has 0 unspecified atom stereocenters. The molecule has 1 aliphatic heterocycles. The molecule has 3 rings (SSSR count). The zero-order valence-corrected chi connectivity index (χ0v) is 14.5. The van der Waals surface area contributed by atoms with Gasteiger partial charge in [-0.25, -0.2) is 9.78 Å². The van der Waals surface area contributed by atoms with Gasteiger partial charge in [0.15, 0.2) is 6.10 Å². The van der Waals surface area contributed by atoms with E-state index >= 15 is 0 Å². The second kappa shape index (κ2) is 8.44. The molecule has 0 N–H and O–H groups in total. The van der Waals surface area contributed by atoms with Crippen molar-refractivity contribution in [2.75, 3.05) is 26.3 Å². The summed E-state index contributed by atoms with van der Waals surface area (Å²) in [5, 5.41) is 0. The molecule has 1 aromatic heterocycles. The smallest absolute Gasteiger partial charge is 0.344 e.